The second-order valence-corrected chi connectivity index (χ2v) is 18.5. The van der Waals surface area contributed by atoms with E-state index in [-0.39, 0.29) is 37.4 Å². The maximum atomic E-state index is 6.78. The minimum atomic E-state index is 0. The van der Waals surface area contributed by atoms with Gasteiger partial charge in [0.25, 0.3) is 0 Å². The number of furan rings is 2. The number of benzene rings is 7. The molecule has 4 heterocycles. The molecule has 11 aromatic rings. The first-order chi connectivity index (χ1) is 30.9. The van der Waals surface area contributed by atoms with Gasteiger partial charge in [0.2, 0.25) is 0 Å². The van der Waals surface area contributed by atoms with Gasteiger partial charge in [-0.05, 0) is 112 Å². The Morgan fingerprint density at radius 2 is 1.29 bits per heavy atom. The molecule has 0 amide bonds. The Hall–Kier alpha value is -6.59. The van der Waals surface area contributed by atoms with Gasteiger partial charge in [-0.1, -0.05) is 120 Å². The third-order valence-electron chi connectivity index (χ3n) is 12.3. The SMILES string of the molecule is CC(C)(C)c1ccnc(-c2[c-]cccc2)c1.Cc1ccc2nc(-c3[c-]ccc4c3oc3cc5c(cc34)oc3ccccc35)n(-c3c(C(C)C)cc(-c4ccccc4)cc3C(C)C)c2c1.[Ir]. The van der Waals surface area contributed by atoms with E-state index in [1.807, 2.05) is 54.7 Å². The number of hydrogen-bond donors (Lipinski definition) is 0. The molecule has 11 rings (SSSR count). The molecule has 0 fully saturated rings. The molecule has 0 atom stereocenters. The zero-order chi connectivity index (χ0) is 44.3. The average molecular weight is 1030 g/mol. The summed E-state index contributed by atoms with van der Waals surface area (Å²) in [5.74, 6) is 1.37. The Morgan fingerprint density at radius 1 is 0.600 bits per heavy atom. The van der Waals surface area contributed by atoms with Crippen molar-refractivity contribution in [1.29, 1.82) is 0 Å². The van der Waals surface area contributed by atoms with Gasteiger partial charge in [-0.2, -0.15) is 0 Å². The van der Waals surface area contributed by atoms with Crippen molar-refractivity contribution >= 4 is 54.9 Å². The van der Waals surface area contributed by atoms with Crippen molar-refractivity contribution in [1.82, 2.24) is 14.5 Å². The van der Waals surface area contributed by atoms with Crippen LogP contribution < -0.4 is 0 Å². The summed E-state index contributed by atoms with van der Waals surface area (Å²) in [6, 6.07) is 57.4. The second kappa shape index (κ2) is 17.4. The molecule has 0 aliphatic heterocycles. The van der Waals surface area contributed by atoms with E-state index in [0.29, 0.717) is 0 Å². The fraction of sp³-hybridized carbons (Fsp3) is 0.186. The van der Waals surface area contributed by atoms with Gasteiger partial charge in [-0.3, -0.25) is 4.98 Å². The van der Waals surface area contributed by atoms with Gasteiger partial charge in [-0.25, -0.2) is 0 Å². The van der Waals surface area contributed by atoms with Crippen LogP contribution in [0.3, 0.4) is 0 Å². The summed E-state index contributed by atoms with van der Waals surface area (Å²) < 4.78 is 15.4. The summed E-state index contributed by atoms with van der Waals surface area (Å²) in [5.41, 5.74) is 17.1. The van der Waals surface area contributed by atoms with Crippen LogP contribution in [0.5, 0.6) is 0 Å². The number of nitrogens with zero attached hydrogens (tertiary/aromatic N) is 3. The zero-order valence-electron chi connectivity index (χ0n) is 38.1. The van der Waals surface area contributed by atoms with E-state index >= 15 is 0 Å². The molecule has 325 valence electrons. The molecule has 0 unspecified atom stereocenters. The third kappa shape index (κ3) is 8.11. The van der Waals surface area contributed by atoms with Gasteiger partial charge < -0.3 is 18.4 Å². The van der Waals surface area contributed by atoms with Gasteiger partial charge >= 0.3 is 0 Å². The Bertz CT molecular complexity index is 3470. The first-order valence-corrected chi connectivity index (χ1v) is 22.3. The van der Waals surface area contributed by atoms with Crippen molar-refractivity contribution in [2.75, 3.05) is 0 Å². The summed E-state index contributed by atoms with van der Waals surface area (Å²) in [6.07, 6.45) is 1.87. The van der Waals surface area contributed by atoms with E-state index in [9.17, 15) is 0 Å². The van der Waals surface area contributed by atoms with Crippen LogP contribution in [0.2, 0.25) is 0 Å². The van der Waals surface area contributed by atoms with E-state index in [4.69, 9.17) is 13.8 Å². The van der Waals surface area contributed by atoms with Gasteiger partial charge in [0.1, 0.15) is 16.7 Å². The summed E-state index contributed by atoms with van der Waals surface area (Å²) in [7, 11) is 0. The monoisotopic (exact) mass is 1030 g/mol. The molecule has 65 heavy (non-hydrogen) atoms. The van der Waals surface area contributed by atoms with Gasteiger partial charge in [0.15, 0.2) is 0 Å². The van der Waals surface area contributed by atoms with E-state index in [1.54, 1.807) is 0 Å². The van der Waals surface area contributed by atoms with E-state index < -0.39 is 0 Å². The third-order valence-corrected chi connectivity index (χ3v) is 12.3. The number of hydrogen-bond acceptors (Lipinski definition) is 4. The van der Waals surface area contributed by atoms with Crippen LogP contribution >= 0.6 is 0 Å². The molecule has 0 N–H and O–H groups in total. The fourth-order valence-corrected chi connectivity index (χ4v) is 8.92. The molecule has 6 heteroatoms. The summed E-state index contributed by atoms with van der Waals surface area (Å²) in [5, 5.41) is 4.17. The first-order valence-electron chi connectivity index (χ1n) is 22.3. The predicted molar refractivity (Wildman–Crippen MR) is 265 cm³/mol. The second-order valence-electron chi connectivity index (χ2n) is 18.5. The molecule has 0 spiro atoms. The molecule has 0 saturated heterocycles. The molecular weight excluding hydrogens is 975 g/mol. The smallest absolute Gasteiger partial charge is 0.136 e. The normalized spacial score (nSPS) is 11.8. The Balaban J connectivity index is 0.000000266. The van der Waals surface area contributed by atoms with Crippen molar-refractivity contribution in [3.63, 3.8) is 0 Å². The van der Waals surface area contributed by atoms with Crippen LogP contribution in [0.25, 0.3) is 94.4 Å². The standard InChI is InChI=1S/C44H35N2O2.C15H16N.Ir/c1-25(2)33-21-29(28-12-7-6-8-13-28)22-34(26(3)4)42(33)46-38-20-27(5)18-19-37(38)45-44(46)32-16-11-15-31-36-24-40-35(23-41(36)48-43(31)32)30-14-9-10-17-39(30)47-40;1-15(2,3)13-9-10-16-14(11-13)12-7-5-4-6-8-12;/h6-15,17-26H,1-5H3;4-7,9-11H,1-3H3;/q2*-1;. The van der Waals surface area contributed by atoms with Crippen molar-refractivity contribution in [3.8, 4) is 39.5 Å². The molecular formula is C59H51IrN3O2-2. The molecule has 1 radical (unpaired) electrons. The van der Waals surface area contributed by atoms with Gasteiger partial charge in [0, 0.05) is 48.1 Å². The quantitative estimate of drug-likeness (QED) is 0.156. The van der Waals surface area contributed by atoms with Crippen LogP contribution in [0, 0.1) is 19.1 Å². The summed E-state index contributed by atoms with van der Waals surface area (Å²) >= 11 is 0. The van der Waals surface area contributed by atoms with Crippen molar-refractivity contribution < 1.29 is 28.9 Å². The predicted octanol–water partition coefficient (Wildman–Crippen LogP) is 16.4. The van der Waals surface area contributed by atoms with Crippen LogP contribution in [0.4, 0.5) is 0 Å². The average Bonchev–Trinajstić information content (AvgIpc) is 3.99. The number of aryl methyl sites for hydroxylation is 1. The van der Waals surface area contributed by atoms with Crippen LogP contribution in [0.15, 0.2) is 161 Å². The minimum Gasteiger partial charge on any atom is -0.501 e. The number of pyridine rings is 1. The number of fused-ring (bicyclic) bond motifs is 7. The number of para-hydroxylation sites is 1. The Morgan fingerprint density at radius 3 is 2.00 bits per heavy atom. The maximum Gasteiger partial charge on any atom is 0.136 e. The number of imidazole rings is 1. The summed E-state index contributed by atoms with van der Waals surface area (Å²) in [4.78, 5) is 9.73. The minimum absolute atomic E-state index is 0. The molecule has 0 saturated carbocycles. The largest absolute Gasteiger partial charge is 0.501 e. The van der Waals surface area contributed by atoms with Crippen LogP contribution in [-0.2, 0) is 25.5 Å². The molecule has 7 aromatic carbocycles. The van der Waals surface area contributed by atoms with E-state index in [0.717, 1.165) is 77.6 Å². The van der Waals surface area contributed by atoms with Crippen LogP contribution in [-0.4, -0.2) is 14.5 Å². The Labute approximate surface area is 394 Å². The molecule has 0 aliphatic rings. The molecule has 4 aromatic heterocycles. The van der Waals surface area contributed by atoms with Crippen LogP contribution in [0.1, 0.15) is 82.6 Å². The maximum absolute atomic E-state index is 6.78. The molecule has 5 nitrogen and oxygen atoms in total. The van der Waals surface area contributed by atoms with Gasteiger partial charge in [-0.15, -0.1) is 54.1 Å². The molecule has 0 aliphatic carbocycles. The van der Waals surface area contributed by atoms with Crippen molar-refractivity contribution in [2.24, 2.45) is 0 Å². The number of rotatable bonds is 6. The van der Waals surface area contributed by atoms with Crippen molar-refractivity contribution in [2.45, 2.75) is 72.6 Å². The van der Waals surface area contributed by atoms with E-state index in [1.165, 1.54) is 39.1 Å². The van der Waals surface area contributed by atoms with Gasteiger partial charge in [0.05, 0.1) is 22.4 Å². The van der Waals surface area contributed by atoms with Crippen molar-refractivity contribution in [3.05, 3.63) is 186 Å². The van der Waals surface area contributed by atoms with E-state index in [2.05, 4.69) is 174 Å². The first kappa shape index (κ1) is 43.7. The molecule has 0 bridgehead atoms. The summed E-state index contributed by atoms with van der Waals surface area (Å²) in [6.45, 7) is 17.9. The Kier molecular flexibility index (Phi) is 11.7. The fourth-order valence-electron chi connectivity index (χ4n) is 8.92. The topological polar surface area (TPSA) is 57.0 Å². The zero-order valence-corrected chi connectivity index (χ0v) is 40.5. The number of aromatic nitrogens is 3.